The Balaban J connectivity index is 2.11. The molecule has 27 heavy (non-hydrogen) atoms. The lowest BCUT2D eigenvalue weighted by molar-refractivity contribution is -0.384. The van der Waals surface area contributed by atoms with Crippen LogP contribution in [0.5, 0.6) is 5.75 Å². The zero-order valence-corrected chi connectivity index (χ0v) is 18.1. The highest BCUT2D eigenvalue weighted by molar-refractivity contribution is 9.10. The zero-order valence-electron chi connectivity index (χ0n) is 14.1. The van der Waals surface area contributed by atoms with Gasteiger partial charge in [-0.1, -0.05) is 22.9 Å². The number of hydrogen-bond donors (Lipinski definition) is 2. The number of hydrogen-bond acceptors (Lipinski definition) is 5. The Hall–Kier alpha value is -2.04. The normalized spacial score (nSPS) is 10.2. The van der Waals surface area contributed by atoms with Crippen molar-refractivity contribution in [2.24, 2.45) is 0 Å². The van der Waals surface area contributed by atoms with Gasteiger partial charge in [0.15, 0.2) is 5.11 Å². The topological polar surface area (TPSA) is 93.5 Å². The molecule has 1 amide bonds. The predicted octanol–water partition coefficient (Wildman–Crippen LogP) is 5.04. The third kappa shape index (κ3) is 5.98. The summed E-state index contributed by atoms with van der Waals surface area (Å²) in [6.07, 6.45) is 0.811. The number of carbonyl (C=O) groups excluding carboxylic acids is 1. The summed E-state index contributed by atoms with van der Waals surface area (Å²) in [6.45, 7) is 2.46. The van der Waals surface area contributed by atoms with Crippen LogP contribution in [0.15, 0.2) is 45.3 Å². The number of rotatable bonds is 6. The van der Waals surface area contributed by atoms with Gasteiger partial charge in [0.05, 0.1) is 22.8 Å². The van der Waals surface area contributed by atoms with Gasteiger partial charge in [-0.15, -0.1) is 0 Å². The van der Waals surface area contributed by atoms with Gasteiger partial charge in [-0.05, 0) is 58.8 Å². The Labute approximate surface area is 177 Å². The number of halogens is 2. The van der Waals surface area contributed by atoms with E-state index in [4.69, 9.17) is 17.0 Å². The first-order valence-corrected chi connectivity index (χ1v) is 9.80. The van der Waals surface area contributed by atoms with Crippen molar-refractivity contribution in [1.82, 2.24) is 5.32 Å². The lowest BCUT2D eigenvalue weighted by Crippen LogP contribution is -2.34. The molecule has 2 aromatic rings. The molecule has 0 radical (unpaired) electrons. The molecule has 0 bridgehead atoms. The average molecular weight is 517 g/mol. The smallest absolute Gasteiger partial charge is 0.270 e. The number of amides is 1. The number of non-ortho nitro benzene ring substituents is 1. The van der Waals surface area contributed by atoms with Crippen LogP contribution in [0.4, 0.5) is 11.4 Å². The summed E-state index contributed by atoms with van der Waals surface area (Å²) in [5, 5.41) is 16.3. The lowest BCUT2D eigenvalue weighted by Gasteiger charge is -2.14. The Morgan fingerprint density at radius 2 is 2.00 bits per heavy atom. The van der Waals surface area contributed by atoms with Gasteiger partial charge in [-0.25, -0.2) is 0 Å². The molecule has 0 aliphatic rings. The highest BCUT2D eigenvalue weighted by Gasteiger charge is 2.16. The molecule has 0 heterocycles. The van der Waals surface area contributed by atoms with Gasteiger partial charge in [0.25, 0.3) is 11.6 Å². The third-order valence-electron chi connectivity index (χ3n) is 3.29. The van der Waals surface area contributed by atoms with Crippen LogP contribution in [-0.2, 0) is 0 Å². The number of thiocarbonyl (C=S) groups is 1. The molecule has 0 atom stereocenters. The van der Waals surface area contributed by atoms with Crippen molar-refractivity contribution in [3.63, 3.8) is 0 Å². The van der Waals surface area contributed by atoms with Crippen LogP contribution in [0.2, 0.25) is 0 Å². The summed E-state index contributed by atoms with van der Waals surface area (Å²) in [5.41, 5.74) is 0.765. The van der Waals surface area contributed by atoms with Gasteiger partial charge in [0, 0.05) is 21.1 Å². The molecule has 2 aromatic carbocycles. The molecule has 7 nitrogen and oxygen atoms in total. The van der Waals surface area contributed by atoms with E-state index in [9.17, 15) is 14.9 Å². The molecular formula is C17H15Br2N3O4S. The van der Waals surface area contributed by atoms with Crippen LogP contribution in [0, 0.1) is 10.1 Å². The molecule has 0 spiro atoms. The molecular weight excluding hydrogens is 502 g/mol. The minimum atomic E-state index is -0.500. The highest BCUT2D eigenvalue weighted by Crippen LogP contribution is 2.27. The van der Waals surface area contributed by atoms with Crippen LogP contribution in [0.25, 0.3) is 0 Å². The molecule has 0 aliphatic heterocycles. The number of nitrogens with one attached hydrogen (secondary N) is 2. The van der Waals surface area contributed by atoms with Crippen LogP contribution in [-0.4, -0.2) is 22.5 Å². The van der Waals surface area contributed by atoms with Gasteiger partial charge in [-0.2, -0.15) is 0 Å². The van der Waals surface area contributed by atoms with Crippen molar-refractivity contribution in [2.45, 2.75) is 13.3 Å². The second-order valence-corrected chi connectivity index (χ2v) is 7.50. The van der Waals surface area contributed by atoms with Crippen LogP contribution >= 0.6 is 44.1 Å². The van der Waals surface area contributed by atoms with Gasteiger partial charge in [-0.3, -0.25) is 20.2 Å². The van der Waals surface area contributed by atoms with E-state index in [-0.39, 0.29) is 10.8 Å². The lowest BCUT2D eigenvalue weighted by atomic mass is 10.2. The molecule has 2 rings (SSSR count). The van der Waals surface area contributed by atoms with Crippen molar-refractivity contribution in [3.8, 4) is 5.75 Å². The fourth-order valence-electron chi connectivity index (χ4n) is 2.06. The van der Waals surface area contributed by atoms with Crippen molar-refractivity contribution in [1.29, 1.82) is 0 Å². The van der Waals surface area contributed by atoms with E-state index in [1.54, 1.807) is 18.2 Å². The minimum absolute atomic E-state index is 0.0518. The summed E-state index contributed by atoms with van der Waals surface area (Å²) >= 11 is 11.7. The largest absolute Gasteiger partial charge is 0.493 e. The number of benzene rings is 2. The molecule has 10 heteroatoms. The molecule has 0 saturated carbocycles. The van der Waals surface area contributed by atoms with E-state index in [1.807, 2.05) is 6.92 Å². The van der Waals surface area contributed by atoms with Crippen LogP contribution in [0.3, 0.4) is 0 Å². The molecule has 0 saturated heterocycles. The number of anilines is 1. The van der Waals surface area contributed by atoms with Gasteiger partial charge in [0.1, 0.15) is 5.75 Å². The van der Waals surface area contributed by atoms with E-state index in [0.29, 0.717) is 28.1 Å². The van der Waals surface area contributed by atoms with Crippen molar-refractivity contribution in [2.75, 3.05) is 11.9 Å². The van der Waals surface area contributed by atoms with E-state index in [0.717, 1.165) is 10.9 Å². The summed E-state index contributed by atoms with van der Waals surface area (Å²) in [6, 6.07) is 9.31. The van der Waals surface area contributed by atoms with Gasteiger partial charge in [0.2, 0.25) is 0 Å². The number of ether oxygens (including phenoxy) is 1. The van der Waals surface area contributed by atoms with E-state index in [1.165, 1.54) is 18.2 Å². The number of carbonyl (C=O) groups is 1. The maximum atomic E-state index is 12.6. The Morgan fingerprint density at radius 1 is 1.26 bits per heavy atom. The Bertz CT molecular complexity index is 892. The number of nitro benzene ring substituents is 1. The third-order valence-corrected chi connectivity index (χ3v) is 4.64. The maximum Gasteiger partial charge on any atom is 0.270 e. The minimum Gasteiger partial charge on any atom is -0.493 e. The SMILES string of the molecule is CCCOc1ccc(Br)cc1C(=O)NC(=S)Nc1ccc([N+](=O)[O-])cc1Br. The molecule has 2 N–H and O–H groups in total. The molecule has 0 aliphatic carbocycles. The predicted molar refractivity (Wildman–Crippen MR) is 114 cm³/mol. The monoisotopic (exact) mass is 515 g/mol. The first-order valence-electron chi connectivity index (χ1n) is 7.80. The van der Waals surface area contributed by atoms with E-state index >= 15 is 0 Å². The van der Waals surface area contributed by atoms with Crippen molar-refractivity contribution in [3.05, 3.63) is 61.0 Å². The van der Waals surface area contributed by atoms with E-state index < -0.39 is 10.8 Å². The summed E-state index contributed by atoms with van der Waals surface area (Å²) in [5.74, 6) is 0.0230. The van der Waals surface area contributed by atoms with Gasteiger partial charge >= 0.3 is 0 Å². The summed E-state index contributed by atoms with van der Waals surface area (Å²) < 4.78 is 6.78. The first-order chi connectivity index (χ1) is 12.8. The fraction of sp³-hybridized carbons (Fsp3) is 0.176. The molecule has 0 fully saturated rings. The number of nitrogens with zero attached hydrogens (tertiary/aromatic N) is 1. The fourth-order valence-corrected chi connectivity index (χ4v) is 3.09. The highest BCUT2D eigenvalue weighted by atomic mass is 79.9. The van der Waals surface area contributed by atoms with Crippen molar-refractivity contribution < 1.29 is 14.5 Å². The summed E-state index contributed by atoms with van der Waals surface area (Å²) in [7, 11) is 0. The standard InChI is InChI=1S/C17H15Br2N3O4S/c1-2-7-26-15-6-3-10(18)8-12(15)16(23)21-17(27)20-14-5-4-11(22(24)25)9-13(14)19/h3-6,8-9H,2,7H2,1H3,(H2,20,21,23,27). The molecule has 0 unspecified atom stereocenters. The average Bonchev–Trinajstić information content (AvgIpc) is 2.62. The molecule has 0 aromatic heterocycles. The second-order valence-electron chi connectivity index (χ2n) is 5.32. The molecule has 142 valence electrons. The first kappa shape index (κ1) is 21.3. The maximum absolute atomic E-state index is 12.6. The quantitative estimate of drug-likeness (QED) is 0.317. The van der Waals surface area contributed by atoms with E-state index in [2.05, 4.69) is 42.5 Å². The second kappa shape index (κ2) is 9.77. The zero-order chi connectivity index (χ0) is 20.0. The Morgan fingerprint density at radius 3 is 2.63 bits per heavy atom. The van der Waals surface area contributed by atoms with Gasteiger partial charge < -0.3 is 10.1 Å². The van der Waals surface area contributed by atoms with Crippen molar-refractivity contribution >= 4 is 66.5 Å². The number of nitro groups is 1. The Kier molecular flexibility index (Phi) is 7.69. The van der Waals surface area contributed by atoms with Crippen LogP contribution in [0.1, 0.15) is 23.7 Å². The summed E-state index contributed by atoms with van der Waals surface area (Å²) in [4.78, 5) is 22.9. The van der Waals surface area contributed by atoms with Crippen LogP contribution < -0.4 is 15.4 Å².